The van der Waals surface area contributed by atoms with Crippen molar-refractivity contribution in [3.8, 4) is 0 Å². The SMILES string of the molecule is CC(C)[C@H]1CN(C(=O)CCCS(C)(=O)=O)c2ccccc2N1. The molecule has 1 heterocycles. The molecule has 1 N–H and O–H groups in total. The Bertz CT molecular complexity index is 641. The standard InChI is InChI=1S/C16H24N2O3S/c1-12(2)14-11-18(15-8-5-4-7-13(15)17-14)16(19)9-6-10-22(3,20)21/h4-5,7-8,12,14,17H,6,9-11H2,1-3H3/t14-/m1/s1. The number of amides is 1. The lowest BCUT2D eigenvalue weighted by atomic mass is 9.99. The number of benzene rings is 1. The zero-order valence-corrected chi connectivity index (χ0v) is 14.2. The first-order chi connectivity index (χ1) is 10.3. The van der Waals surface area contributed by atoms with Crippen LogP contribution in [0.4, 0.5) is 11.4 Å². The number of para-hydroxylation sites is 2. The van der Waals surface area contributed by atoms with Gasteiger partial charge in [0.2, 0.25) is 5.91 Å². The van der Waals surface area contributed by atoms with Crippen molar-refractivity contribution in [3.63, 3.8) is 0 Å². The molecule has 0 fully saturated rings. The van der Waals surface area contributed by atoms with Crippen LogP contribution in [0.25, 0.3) is 0 Å². The quantitative estimate of drug-likeness (QED) is 0.902. The smallest absolute Gasteiger partial charge is 0.227 e. The maximum atomic E-state index is 12.5. The lowest BCUT2D eigenvalue weighted by Crippen LogP contribution is -2.47. The van der Waals surface area contributed by atoms with E-state index in [4.69, 9.17) is 0 Å². The van der Waals surface area contributed by atoms with Crippen LogP contribution < -0.4 is 10.2 Å². The summed E-state index contributed by atoms with van der Waals surface area (Å²) in [6.45, 7) is 4.86. The van der Waals surface area contributed by atoms with Gasteiger partial charge in [-0.2, -0.15) is 0 Å². The van der Waals surface area contributed by atoms with Crippen molar-refractivity contribution in [1.29, 1.82) is 0 Å². The fourth-order valence-corrected chi connectivity index (χ4v) is 3.27. The van der Waals surface area contributed by atoms with Gasteiger partial charge in [-0.15, -0.1) is 0 Å². The Labute approximate surface area is 132 Å². The maximum absolute atomic E-state index is 12.5. The van der Waals surface area contributed by atoms with Crippen LogP contribution in [0.5, 0.6) is 0 Å². The highest BCUT2D eigenvalue weighted by atomic mass is 32.2. The van der Waals surface area contributed by atoms with Crippen molar-refractivity contribution in [2.24, 2.45) is 5.92 Å². The van der Waals surface area contributed by atoms with Gasteiger partial charge in [-0.25, -0.2) is 8.42 Å². The lowest BCUT2D eigenvalue weighted by molar-refractivity contribution is -0.118. The molecule has 22 heavy (non-hydrogen) atoms. The van der Waals surface area contributed by atoms with E-state index in [1.165, 1.54) is 6.26 Å². The van der Waals surface area contributed by atoms with Crippen LogP contribution in [0.1, 0.15) is 26.7 Å². The lowest BCUT2D eigenvalue weighted by Gasteiger charge is -2.37. The minimum atomic E-state index is -3.02. The fourth-order valence-electron chi connectivity index (χ4n) is 2.61. The number of nitrogens with one attached hydrogen (secondary N) is 1. The van der Waals surface area contributed by atoms with Crippen LogP contribution in [0.3, 0.4) is 0 Å². The molecule has 1 aromatic carbocycles. The van der Waals surface area contributed by atoms with Crippen LogP contribution in [-0.2, 0) is 14.6 Å². The summed E-state index contributed by atoms with van der Waals surface area (Å²) in [7, 11) is -3.02. The summed E-state index contributed by atoms with van der Waals surface area (Å²) in [5.41, 5.74) is 1.84. The van der Waals surface area contributed by atoms with E-state index in [2.05, 4.69) is 19.2 Å². The zero-order chi connectivity index (χ0) is 16.3. The minimum absolute atomic E-state index is 0.0109. The second-order valence-electron chi connectivity index (χ2n) is 6.25. The van der Waals surface area contributed by atoms with Crippen molar-refractivity contribution < 1.29 is 13.2 Å². The highest BCUT2D eigenvalue weighted by Gasteiger charge is 2.29. The molecule has 0 saturated heterocycles. The molecule has 5 nitrogen and oxygen atoms in total. The van der Waals surface area contributed by atoms with Crippen molar-refractivity contribution in [2.75, 3.05) is 28.8 Å². The summed E-state index contributed by atoms with van der Waals surface area (Å²) in [6.07, 6.45) is 1.83. The molecule has 0 unspecified atom stereocenters. The summed E-state index contributed by atoms with van der Waals surface area (Å²) >= 11 is 0. The molecule has 0 aromatic heterocycles. The van der Waals surface area contributed by atoms with Gasteiger partial charge in [0.1, 0.15) is 9.84 Å². The number of carbonyl (C=O) groups excluding carboxylic acids is 1. The van der Waals surface area contributed by atoms with E-state index in [1.54, 1.807) is 4.90 Å². The monoisotopic (exact) mass is 324 g/mol. The largest absolute Gasteiger partial charge is 0.379 e. The van der Waals surface area contributed by atoms with Crippen molar-refractivity contribution >= 4 is 27.1 Å². The molecule has 0 bridgehead atoms. The van der Waals surface area contributed by atoms with E-state index >= 15 is 0 Å². The first-order valence-electron chi connectivity index (χ1n) is 7.61. The van der Waals surface area contributed by atoms with Gasteiger partial charge in [-0.3, -0.25) is 4.79 Å². The second-order valence-corrected chi connectivity index (χ2v) is 8.51. The summed E-state index contributed by atoms with van der Waals surface area (Å²) in [6, 6.07) is 7.95. The molecule has 1 aliphatic heterocycles. The first-order valence-corrected chi connectivity index (χ1v) is 9.67. The van der Waals surface area contributed by atoms with Crippen LogP contribution in [-0.4, -0.2) is 38.9 Å². The van der Waals surface area contributed by atoms with Crippen molar-refractivity contribution in [3.05, 3.63) is 24.3 Å². The Kier molecular flexibility index (Phi) is 5.11. The van der Waals surface area contributed by atoms with Gasteiger partial charge in [0, 0.05) is 25.3 Å². The van der Waals surface area contributed by atoms with E-state index in [0.29, 0.717) is 18.9 Å². The van der Waals surface area contributed by atoms with Crippen LogP contribution in [0, 0.1) is 5.92 Å². The molecule has 2 rings (SSSR count). The van der Waals surface area contributed by atoms with Gasteiger partial charge in [-0.05, 0) is 24.5 Å². The molecule has 0 radical (unpaired) electrons. The summed E-state index contributed by atoms with van der Waals surface area (Å²) in [4.78, 5) is 14.3. The predicted octanol–water partition coefficient (Wildman–Crippen LogP) is 2.29. The van der Waals surface area contributed by atoms with E-state index in [-0.39, 0.29) is 24.1 Å². The number of hydrogen-bond donors (Lipinski definition) is 1. The number of anilines is 2. The summed E-state index contributed by atoms with van der Waals surface area (Å²) in [5.74, 6) is 0.447. The number of fused-ring (bicyclic) bond motifs is 1. The number of carbonyl (C=O) groups is 1. The van der Waals surface area contributed by atoms with E-state index < -0.39 is 9.84 Å². The van der Waals surface area contributed by atoms with Gasteiger partial charge in [0.15, 0.2) is 0 Å². The molecule has 1 amide bonds. The molecule has 0 spiro atoms. The van der Waals surface area contributed by atoms with Crippen LogP contribution in [0.15, 0.2) is 24.3 Å². The number of hydrogen-bond acceptors (Lipinski definition) is 4. The van der Waals surface area contributed by atoms with Crippen LogP contribution >= 0.6 is 0 Å². The normalized spacial score (nSPS) is 18.0. The van der Waals surface area contributed by atoms with Gasteiger partial charge < -0.3 is 10.2 Å². The molecule has 1 aliphatic rings. The third kappa shape index (κ3) is 4.22. The predicted molar refractivity (Wildman–Crippen MR) is 90.0 cm³/mol. The first kappa shape index (κ1) is 16.8. The average Bonchev–Trinajstić information content (AvgIpc) is 2.44. The van der Waals surface area contributed by atoms with Crippen molar-refractivity contribution in [1.82, 2.24) is 0 Å². The highest BCUT2D eigenvalue weighted by molar-refractivity contribution is 7.90. The Morgan fingerprint density at radius 2 is 2.05 bits per heavy atom. The maximum Gasteiger partial charge on any atom is 0.227 e. The summed E-state index contributed by atoms with van der Waals surface area (Å²) in [5, 5.41) is 3.47. The third-order valence-electron chi connectivity index (χ3n) is 3.93. The summed E-state index contributed by atoms with van der Waals surface area (Å²) < 4.78 is 22.4. The molecule has 122 valence electrons. The average molecular weight is 324 g/mol. The van der Waals surface area contributed by atoms with E-state index in [9.17, 15) is 13.2 Å². The molecular weight excluding hydrogens is 300 g/mol. The van der Waals surface area contributed by atoms with Gasteiger partial charge in [0.25, 0.3) is 0 Å². The van der Waals surface area contributed by atoms with Crippen molar-refractivity contribution in [2.45, 2.75) is 32.7 Å². The molecule has 1 atom stereocenters. The zero-order valence-electron chi connectivity index (χ0n) is 13.4. The number of nitrogens with zero attached hydrogens (tertiary/aromatic N) is 1. The number of rotatable bonds is 5. The van der Waals surface area contributed by atoms with Gasteiger partial charge in [-0.1, -0.05) is 26.0 Å². The van der Waals surface area contributed by atoms with Crippen LogP contribution in [0.2, 0.25) is 0 Å². The molecular formula is C16H24N2O3S. The van der Waals surface area contributed by atoms with E-state index in [1.807, 2.05) is 24.3 Å². The van der Waals surface area contributed by atoms with Gasteiger partial charge >= 0.3 is 0 Å². The Morgan fingerprint density at radius 3 is 2.68 bits per heavy atom. The molecule has 1 aromatic rings. The highest BCUT2D eigenvalue weighted by Crippen LogP contribution is 2.32. The Hall–Kier alpha value is -1.56. The Balaban J connectivity index is 2.12. The Morgan fingerprint density at radius 1 is 1.36 bits per heavy atom. The molecule has 0 aliphatic carbocycles. The topological polar surface area (TPSA) is 66.5 Å². The van der Waals surface area contributed by atoms with Gasteiger partial charge in [0.05, 0.1) is 17.1 Å². The third-order valence-corrected chi connectivity index (χ3v) is 4.96. The molecule has 0 saturated carbocycles. The second kappa shape index (κ2) is 6.69. The number of sulfone groups is 1. The molecule has 6 heteroatoms. The van der Waals surface area contributed by atoms with E-state index in [0.717, 1.165) is 11.4 Å². The fraction of sp³-hybridized carbons (Fsp3) is 0.562. The minimum Gasteiger partial charge on any atom is -0.379 e.